The number of esters is 1. The van der Waals surface area contributed by atoms with Crippen molar-refractivity contribution in [2.45, 2.75) is 13.5 Å². The first kappa shape index (κ1) is 15.0. The molecule has 2 heterocycles. The fourth-order valence-electron chi connectivity index (χ4n) is 1.64. The summed E-state index contributed by atoms with van der Waals surface area (Å²) in [5.41, 5.74) is 6.93. The van der Waals surface area contributed by atoms with Crippen molar-refractivity contribution in [3.8, 4) is 5.88 Å². The van der Waals surface area contributed by atoms with Crippen molar-refractivity contribution >= 4 is 28.3 Å². The number of ether oxygens (including phenoxy) is 2. The summed E-state index contributed by atoms with van der Waals surface area (Å²) in [5.74, 6) is 0.251. The molecule has 2 aromatic heterocycles. The van der Waals surface area contributed by atoms with E-state index >= 15 is 0 Å². The number of pyridine rings is 1. The number of carbonyl (C=O) groups excluding carboxylic acids is 1. The number of nitrogen functional groups attached to an aromatic ring is 1. The average Bonchev–Trinajstić information content (AvgIpc) is 2.87. The van der Waals surface area contributed by atoms with Gasteiger partial charge in [0, 0.05) is 18.8 Å². The first-order chi connectivity index (χ1) is 10.2. The maximum absolute atomic E-state index is 11.8. The van der Waals surface area contributed by atoms with Gasteiger partial charge in [0.15, 0.2) is 5.82 Å². The molecule has 0 spiro atoms. The van der Waals surface area contributed by atoms with Crippen LogP contribution in [-0.2, 0) is 11.3 Å². The zero-order valence-corrected chi connectivity index (χ0v) is 12.6. The van der Waals surface area contributed by atoms with E-state index in [0.29, 0.717) is 17.4 Å². The molecule has 0 aromatic carbocycles. The lowest BCUT2D eigenvalue weighted by Crippen LogP contribution is -2.10. The summed E-state index contributed by atoms with van der Waals surface area (Å²) < 4.78 is 13.9. The average molecular weight is 308 g/mol. The summed E-state index contributed by atoms with van der Waals surface area (Å²) in [6.45, 7) is 2.52. The van der Waals surface area contributed by atoms with E-state index in [1.54, 1.807) is 26.3 Å². The van der Waals surface area contributed by atoms with E-state index in [4.69, 9.17) is 15.2 Å². The largest absolute Gasteiger partial charge is 0.481 e. The van der Waals surface area contributed by atoms with Crippen LogP contribution in [0.4, 0.5) is 10.8 Å². The quantitative estimate of drug-likeness (QED) is 0.786. The van der Waals surface area contributed by atoms with Gasteiger partial charge in [-0.05, 0) is 24.0 Å². The molecule has 0 aliphatic rings. The lowest BCUT2D eigenvalue weighted by Gasteiger charge is -2.07. The highest BCUT2D eigenvalue weighted by molar-refractivity contribution is 7.11. The molecule has 112 valence electrons. The highest BCUT2D eigenvalue weighted by Crippen LogP contribution is 2.28. The molecule has 0 atom stereocenters. The first-order valence-electron chi connectivity index (χ1n) is 6.30. The van der Waals surface area contributed by atoms with Gasteiger partial charge < -0.3 is 20.5 Å². The molecule has 0 saturated carbocycles. The van der Waals surface area contributed by atoms with Crippen LogP contribution < -0.4 is 15.8 Å². The van der Waals surface area contributed by atoms with E-state index in [0.717, 1.165) is 17.1 Å². The summed E-state index contributed by atoms with van der Waals surface area (Å²) in [5, 5.41) is 3.71. The van der Waals surface area contributed by atoms with Gasteiger partial charge in [-0.25, -0.2) is 9.78 Å². The Kier molecular flexibility index (Phi) is 4.94. The zero-order chi connectivity index (χ0) is 15.2. The van der Waals surface area contributed by atoms with Crippen molar-refractivity contribution in [2.75, 3.05) is 24.8 Å². The molecule has 2 aromatic rings. The van der Waals surface area contributed by atoms with E-state index in [1.165, 1.54) is 0 Å². The predicted octanol–water partition coefficient (Wildman–Crippen LogP) is 1.92. The van der Waals surface area contributed by atoms with E-state index in [2.05, 4.69) is 14.7 Å². The maximum atomic E-state index is 11.8. The van der Waals surface area contributed by atoms with Crippen LogP contribution in [0, 0.1) is 0 Å². The molecule has 21 heavy (non-hydrogen) atoms. The Hall–Kier alpha value is -2.35. The Balaban J connectivity index is 2.07. The third kappa shape index (κ3) is 3.60. The van der Waals surface area contributed by atoms with Crippen LogP contribution in [0.1, 0.15) is 22.8 Å². The molecule has 8 heteroatoms. The molecule has 0 radical (unpaired) electrons. The second-order valence-electron chi connectivity index (χ2n) is 4.05. The van der Waals surface area contributed by atoms with Gasteiger partial charge in [0.1, 0.15) is 10.6 Å². The maximum Gasteiger partial charge on any atom is 0.344 e. The molecule has 0 amide bonds. The minimum atomic E-state index is -0.473. The summed E-state index contributed by atoms with van der Waals surface area (Å²) in [4.78, 5) is 15.9. The number of anilines is 2. The van der Waals surface area contributed by atoms with Gasteiger partial charge in [-0.2, -0.15) is 4.37 Å². The number of carbonyl (C=O) groups is 1. The van der Waals surface area contributed by atoms with Crippen molar-refractivity contribution in [1.82, 2.24) is 9.36 Å². The minimum absolute atomic E-state index is 0.175. The van der Waals surface area contributed by atoms with Gasteiger partial charge in [0.25, 0.3) is 0 Å². The Labute approximate surface area is 126 Å². The van der Waals surface area contributed by atoms with Crippen molar-refractivity contribution in [3.05, 3.63) is 29.5 Å². The molecule has 0 saturated heterocycles. The lowest BCUT2D eigenvalue weighted by molar-refractivity contribution is 0.0529. The third-order valence-electron chi connectivity index (χ3n) is 2.66. The molecule has 0 aliphatic carbocycles. The van der Waals surface area contributed by atoms with Gasteiger partial charge in [-0.15, -0.1) is 0 Å². The molecular weight excluding hydrogens is 292 g/mol. The minimum Gasteiger partial charge on any atom is -0.481 e. The normalized spacial score (nSPS) is 10.2. The Morgan fingerprint density at radius 2 is 2.29 bits per heavy atom. The molecule has 7 nitrogen and oxygen atoms in total. The summed E-state index contributed by atoms with van der Waals surface area (Å²) in [6.07, 6.45) is 1.69. The molecule has 3 N–H and O–H groups in total. The first-order valence-corrected chi connectivity index (χ1v) is 7.08. The topological polar surface area (TPSA) is 99.4 Å². The molecular formula is C13H16N4O3S. The van der Waals surface area contributed by atoms with Crippen molar-refractivity contribution < 1.29 is 14.3 Å². The van der Waals surface area contributed by atoms with E-state index in [1.807, 2.05) is 6.07 Å². The van der Waals surface area contributed by atoms with E-state index in [-0.39, 0.29) is 18.0 Å². The molecule has 0 aliphatic heterocycles. The Morgan fingerprint density at radius 3 is 2.90 bits per heavy atom. The highest BCUT2D eigenvalue weighted by atomic mass is 32.1. The van der Waals surface area contributed by atoms with Crippen LogP contribution in [0.2, 0.25) is 0 Å². The highest BCUT2D eigenvalue weighted by Gasteiger charge is 2.20. The summed E-state index contributed by atoms with van der Waals surface area (Å²) >= 11 is 1.13. The SMILES string of the molecule is CCOC(=O)c1c(N)nsc1NCc1ccc(OC)nc1. The fourth-order valence-corrected chi connectivity index (χ4v) is 2.34. The van der Waals surface area contributed by atoms with Gasteiger partial charge in [-0.3, -0.25) is 0 Å². The van der Waals surface area contributed by atoms with Gasteiger partial charge in [0.2, 0.25) is 5.88 Å². The van der Waals surface area contributed by atoms with Crippen LogP contribution in [0.15, 0.2) is 18.3 Å². The van der Waals surface area contributed by atoms with Crippen LogP contribution in [0.3, 0.4) is 0 Å². The third-order valence-corrected chi connectivity index (χ3v) is 3.48. The zero-order valence-electron chi connectivity index (χ0n) is 11.8. The number of rotatable bonds is 6. The monoisotopic (exact) mass is 308 g/mol. The molecule has 0 fully saturated rings. The second-order valence-corrected chi connectivity index (χ2v) is 4.83. The fraction of sp³-hybridized carbons (Fsp3) is 0.308. The van der Waals surface area contributed by atoms with Gasteiger partial charge in [0.05, 0.1) is 13.7 Å². The van der Waals surface area contributed by atoms with Gasteiger partial charge >= 0.3 is 5.97 Å². The molecule has 2 rings (SSSR count). The van der Waals surface area contributed by atoms with Crippen LogP contribution in [0.25, 0.3) is 0 Å². The van der Waals surface area contributed by atoms with Crippen LogP contribution in [-0.4, -0.2) is 29.0 Å². The molecule has 0 unspecified atom stereocenters. The number of methoxy groups -OCH3 is 1. The van der Waals surface area contributed by atoms with Gasteiger partial charge in [-0.1, -0.05) is 6.07 Å². The van der Waals surface area contributed by atoms with E-state index < -0.39 is 5.97 Å². The number of aromatic nitrogens is 2. The lowest BCUT2D eigenvalue weighted by atomic mass is 10.2. The Bertz CT molecular complexity index is 612. The number of hydrogen-bond donors (Lipinski definition) is 2. The standard InChI is InChI=1S/C13H16N4O3S/c1-3-20-13(18)10-11(14)17-21-12(10)16-7-8-4-5-9(19-2)15-6-8/h4-6,16H,3,7H2,1-2H3,(H2,14,17). The molecule has 0 bridgehead atoms. The number of hydrogen-bond acceptors (Lipinski definition) is 8. The summed E-state index contributed by atoms with van der Waals surface area (Å²) in [6, 6.07) is 3.65. The number of nitrogens with zero attached hydrogens (tertiary/aromatic N) is 2. The number of nitrogens with one attached hydrogen (secondary N) is 1. The van der Waals surface area contributed by atoms with Crippen molar-refractivity contribution in [2.24, 2.45) is 0 Å². The summed E-state index contributed by atoms with van der Waals surface area (Å²) in [7, 11) is 1.56. The van der Waals surface area contributed by atoms with Crippen LogP contribution >= 0.6 is 11.5 Å². The number of nitrogens with two attached hydrogens (primary N) is 1. The van der Waals surface area contributed by atoms with Crippen molar-refractivity contribution in [3.63, 3.8) is 0 Å². The predicted molar refractivity (Wildman–Crippen MR) is 80.6 cm³/mol. The smallest absolute Gasteiger partial charge is 0.344 e. The van der Waals surface area contributed by atoms with Crippen LogP contribution in [0.5, 0.6) is 5.88 Å². The van der Waals surface area contributed by atoms with E-state index in [9.17, 15) is 4.79 Å². The Morgan fingerprint density at radius 1 is 1.48 bits per heavy atom. The van der Waals surface area contributed by atoms with Crippen molar-refractivity contribution in [1.29, 1.82) is 0 Å². The second kappa shape index (κ2) is 6.89.